The molecule has 1 aromatic rings. The summed E-state index contributed by atoms with van der Waals surface area (Å²) in [5, 5.41) is 26.2. The third-order valence-corrected chi connectivity index (χ3v) is 9.58. The van der Waals surface area contributed by atoms with Gasteiger partial charge in [-0.15, -0.1) is 6.58 Å². The molecule has 6 rings (SSSR count). The number of ether oxygens (including phenoxy) is 1. The van der Waals surface area contributed by atoms with Crippen LogP contribution in [0.1, 0.15) is 58.9 Å². The van der Waals surface area contributed by atoms with Crippen LogP contribution in [0.3, 0.4) is 0 Å². The Labute approximate surface area is 216 Å². The summed E-state index contributed by atoms with van der Waals surface area (Å²) in [5.41, 5.74) is 0.905. The number of amides is 1. The molecule has 3 N–H and O–H groups in total. The van der Waals surface area contributed by atoms with Gasteiger partial charge in [0.25, 0.3) is 0 Å². The molecule has 0 spiro atoms. The van der Waals surface area contributed by atoms with Crippen molar-refractivity contribution in [2.24, 2.45) is 47.3 Å². The molecule has 0 aromatic heterocycles. The maximum Gasteiger partial charge on any atom is 0.228 e. The minimum Gasteiger partial charge on any atom is -0.490 e. The summed E-state index contributed by atoms with van der Waals surface area (Å²) >= 11 is 0. The predicted octanol–water partition coefficient (Wildman–Crippen LogP) is 4.88. The molecule has 5 aliphatic rings. The zero-order valence-corrected chi connectivity index (χ0v) is 22.2. The standard InChI is InChI=1S/C31H43NO4/c1-6-22-14-20(5)26-19(4)12-17(2)11-18(3)13-25-28(26)27(22)29(33)24-16-31(35,32-30(24)34)15-21-7-9-23(36-25)10-8-21/h6-10,14,17-19,22,24-29,33,35H,1,11-13,15-16H2,2-5H3,(H,32,34)/t17-,18+,19-,22-,24+,25-,26+,27+,28+,29?,31-/m1/s1. The highest BCUT2D eigenvalue weighted by molar-refractivity contribution is 5.82. The fourth-order valence-corrected chi connectivity index (χ4v) is 8.34. The van der Waals surface area contributed by atoms with E-state index >= 15 is 0 Å². The molecule has 5 heteroatoms. The van der Waals surface area contributed by atoms with E-state index in [1.807, 2.05) is 30.3 Å². The molecule has 36 heavy (non-hydrogen) atoms. The minimum absolute atomic E-state index is 0.0256. The lowest BCUT2D eigenvalue weighted by Gasteiger charge is -2.49. The first-order valence-electron chi connectivity index (χ1n) is 13.9. The van der Waals surface area contributed by atoms with Crippen LogP contribution >= 0.6 is 0 Å². The Balaban J connectivity index is 1.69. The Bertz CT molecular complexity index is 1020. The average Bonchev–Trinajstić information content (AvgIpc) is 3.12. The molecule has 3 aliphatic heterocycles. The molecule has 1 saturated carbocycles. The molecule has 2 fully saturated rings. The van der Waals surface area contributed by atoms with Gasteiger partial charge in [0.1, 0.15) is 17.6 Å². The normalized spacial score (nSPS) is 44.7. The van der Waals surface area contributed by atoms with Gasteiger partial charge in [0.15, 0.2) is 0 Å². The number of carbonyl (C=O) groups is 1. The first-order valence-corrected chi connectivity index (χ1v) is 13.9. The van der Waals surface area contributed by atoms with E-state index in [1.165, 1.54) is 5.57 Å². The molecule has 1 saturated heterocycles. The van der Waals surface area contributed by atoms with Gasteiger partial charge >= 0.3 is 0 Å². The van der Waals surface area contributed by atoms with Crippen LogP contribution in [-0.4, -0.2) is 34.1 Å². The summed E-state index contributed by atoms with van der Waals surface area (Å²) in [7, 11) is 0. The van der Waals surface area contributed by atoms with Crippen molar-refractivity contribution in [3.8, 4) is 5.75 Å². The quantitative estimate of drug-likeness (QED) is 0.487. The number of aliphatic hydroxyl groups is 2. The van der Waals surface area contributed by atoms with Gasteiger partial charge in [0, 0.05) is 30.6 Å². The van der Waals surface area contributed by atoms with E-state index in [-0.39, 0.29) is 42.1 Å². The van der Waals surface area contributed by atoms with Crippen LogP contribution in [0.4, 0.5) is 0 Å². The predicted molar refractivity (Wildman–Crippen MR) is 141 cm³/mol. The van der Waals surface area contributed by atoms with Crippen LogP contribution < -0.4 is 10.1 Å². The highest BCUT2D eigenvalue weighted by Crippen LogP contribution is 2.51. The molecule has 196 valence electrons. The zero-order chi connectivity index (χ0) is 25.8. The molecule has 2 aliphatic carbocycles. The molecule has 4 bridgehead atoms. The van der Waals surface area contributed by atoms with E-state index in [0.717, 1.165) is 30.6 Å². The third kappa shape index (κ3) is 4.65. The fraction of sp³-hybridized carbons (Fsp3) is 0.645. The number of rotatable bonds is 1. The second kappa shape index (κ2) is 9.64. The number of fused-ring (bicyclic) bond motifs is 2. The van der Waals surface area contributed by atoms with Gasteiger partial charge in [0.2, 0.25) is 5.91 Å². The van der Waals surface area contributed by atoms with Gasteiger partial charge in [0.05, 0.1) is 12.0 Å². The zero-order valence-electron chi connectivity index (χ0n) is 22.2. The number of aliphatic hydroxyl groups excluding tert-OH is 1. The monoisotopic (exact) mass is 493 g/mol. The Morgan fingerprint density at radius 2 is 1.78 bits per heavy atom. The van der Waals surface area contributed by atoms with Crippen LogP contribution in [0, 0.1) is 47.3 Å². The summed E-state index contributed by atoms with van der Waals surface area (Å²) in [6.07, 6.45) is 6.89. The first-order chi connectivity index (χ1) is 17.1. The highest BCUT2D eigenvalue weighted by Gasteiger charge is 2.54. The van der Waals surface area contributed by atoms with Crippen LogP contribution in [0.25, 0.3) is 0 Å². The molecular formula is C31H43NO4. The number of hydrogen-bond acceptors (Lipinski definition) is 4. The van der Waals surface area contributed by atoms with Gasteiger partial charge in [-0.2, -0.15) is 0 Å². The number of nitrogens with one attached hydrogen (secondary N) is 1. The Morgan fingerprint density at radius 3 is 2.47 bits per heavy atom. The van der Waals surface area contributed by atoms with E-state index in [2.05, 4.69) is 45.7 Å². The van der Waals surface area contributed by atoms with Crippen molar-refractivity contribution in [3.63, 3.8) is 0 Å². The number of allylic oxidation sites excluding steroid dienone is 3. The van der Waals surface area contributed by atoms with Crippen molar-refractivity contribution in [1.82, 2.24) is 5.32 Å². The highest BCUT2D eigenvalue weighted by atomic mass is 16.5. The van der Waals surface area contributed by atoms with Gasteiger partial charge in [-0.1, -0.05) is 50.6 Å². The summed E-state index contributed by atoms with van der Waals surface area (Å²) < 4.78 is 6.85. The van der Waals surface area contributed by atoms with Crippen molar-refractivity contribution < 1.29 is 19.7 Å². The number of benzene rings is 1. The van der Waals surface area contributed by atoms with Crippen molar-refractivity contribution in [1.29, 1.82) is 0 Å². The lowest BCUT2D eigenvalue weighted by molar-refractivity contribution is -0.130. The molecule has 3 heterocycles. The van der Waals surface area contributed by atoms with E-state index in [4.69, 9.17) is 4.74 Å². The lowest BCUT2D eigenvalue weighted by atomic mass is 9.58. The van der Waals surface area contributed by atoms with E-state index in [9.17, 15) is 15.0 Å². The smallest absolute Gasteiger partial charge is 0.228 e. The van der Waals surface area contributed by atoms with Gasteiger partial charge in [-0.3, -0.25) is 4.79 Å². The van der Waals surface area contributed by atoms with Gasteiger partial charge < -0.3 is 20.3 Å². The Kier molecular flexibility index (Phi) is 6.84. The van der Waals surface area contributed by atoms with Crippen LogP contribution in [0.15, 0.2) is 48.6 Å². The largest absolute Gasteiger partial charge is 0.490 e. The first kappa shape index (κ1) is 25.5. The Hall–Kier alpha value is -2.11. The fourth-order valence-electron chi connectivity index (χ4n) is 8.34. The second-order valence-electron chi connectivity index (χ2n) is 12.6. The van der Waals surface area contributed by atoms with Crippen molar-refractivity contribution in [2.45, 2.75) is 77.7 Å². The second-order valence-corrected chi connectivity index (χ2v) is 12.6. The summed E-state index contributed by atoms with van der Waals surface area (Å²) in [5.74, 6) is 1.39. The van der Waals surface area contributed by atoms with Gasteiger partial charge in [-0.25, -0.2) is 0 Å². The molecule has 0 radical (unpaired) electrons. The average molecular weight is 494 g/mol. The van der Waals surface area contributed by atoms with E-state index in [1.54, 1.807) is 0 Å². The summed E-state index contributed by atoms with van der Waals surface area (Å²) in [6, 6.07) is 7.95. The summed E-state index contributed by atoms with van der Waals surface area (Å²) in [6.45, 7) is 13.4. The van der Waals surface area contributed by atoms with Crippen LogP contribution in [0.5, 0.6) is 5.75 Å². The number of carbonyl (C=O) groups excluding carboxylic acids is 1. The van der Waals surface area contributed by atoms with Gasteiger partial charge in [-0.05, 0) is 67.6 Å². The topological polar surface area (TPSA) is 78.8 Å². The molecule has 1 aromatic carbocycles. The van der Waals surface area contributed by atoms with Crippen LogP contribution in [0.2, 0.25) is 0 Å². The van der Waals surface area contributed by atoms with E-state index < -0.39 is 17.7 Å². The molecule has 11 atom stereocenters. The van der Waals surface area contributed by atoms with E-state index in [0.29, 0.717) is 24.2 Å². The number of hydrogen-bond donors (Lipinski definition) is 3. The minimum atomic E-state index is -1.36. The molecule has 5 nitrogen and oxygen atoms in total. The van der Waals surface area contributed by atoms with Crippen molar-refractivity contribution >= 4 is 5.91 Å². The third-order valence-electron chi connectivity index (χ3n) is 9.58. The van der Waals surface area contributed by atoms with Crippen LogP contribution in [-0.2, 0) is 11.2 Å². The Morgan fingerprint density at radius 1 is 1.08 bits per heavy atom. The van der Waals surface area contributed by atoms with Crippen molar-refractivity contribution in [3.05, 3.63) is 54.1 Å². The molecular weight excluding hydrogens is 450 g/mol. The van der Waals surface area contributed by atoms with Crippen molar-refractivity contribution in [2.75, 3.05) is 0 Å². The lowest BCUT2D eigenvalue weighted by Crippen LogP contribution is -2.51. The maximum atomic E-state index is 13.2. The SMILES string of the molecule is C=C[C@@H]1C=C(C)[C@H]2[C@H]3[C@H]1C(O)[C@@H]1C[C@](O)(Cc4ccc(cc4)O[C@@H]3C[C@@H](C)C[C@@H](C)C[C@H]2C)NC1=O. The maximum absolute atomic E-state index is 13.2. The molecule has 1 amide bonds. The molecule has 1 unspecified atom stereocenters. The summed E-state index contributed by atoms with van der Waals surface area (Å²) in [4.78, 5) is 13.2.